The van der Waals surface area contributed by atoms with Gasteiger partial charge in [-0.2, -0.15) is 55.0 Å². The lowest BCUT2D eigenvalue weighted by Crippen LogP contribution is -2.61. The van der Waals surface area contributed by atoms with Crippen LogP contribution in [-0.4, -0.2) is 170 Å². The Labute approximate surface area is 752 Å². The molecule has 125 heavy (non-hydrogen) atoms. The third kappa shape index (κ3) is 18.6. The number of carbonyl (C=O) groups excluding carboxylic acids is 3. The van der Waals surface area contributed by atoms with Crippen molar-refractivity contribution in [3.05, 3.63) is 176 Å². The van der Waals surface area contributed by atoms with Crippen molar-refractivity contribution < 1.29 is 66.0 Å². The first-order valence-corrected chi connectivity index (χ1v) is 50.7. The number of benzene rings is 6. The molecule has 18 rings (SSSR count). The molecule has 9 atom stereocenters. The Hall–Kier alpha value is -7.15. The average molecular weight is 1980 g/mol. The van der Waals surface area contributed by atoms with E-state index in [4.69, 9.17) is 5.73 Å². The van der Waals surface area contributed by atoms with Gasteiger partial charge in [0.2, 0.25) is 47.8 Å². The molecule has 3 amide bonds. The minimum atomic E-state index is -4.52. The van der Waals surface area contributed by atoms with Crippen molar-refractivity contribution >= 4 is 128 Å². The number of likely N-dealkylation sites (N-methyl/N-ethyl adjacent to an activating group) is 2. The molecule has 9 fully saturated rings. The molecule has 9 heterocycles. The van der Waals surface area contributed by atoms with Gasteiger partial charge in [-0.1, -0.05) is 137 Å². The number of aromatic nitrogens is 6. The Morgan fingerprint density at radius 2 is 0.696 bits per heavy atom. The lowest BCUT2D eigenvalue weighted by molar-refractivity contribution is -0.156. The molecule has 672 valence electrons. The van der Waals surface area contributed by atoms with Gasteiger partial charge in [-0.25, -0.2) is 25.3 Å². The quantitative estimate of drug-likeness (QED) is 0.0534. The number of hydrogen-bond donors (Lipinski definition) is 2. The zero-order valence-electron chi connectivity index (χ0n) is 70.4. The molecule has 34 heteroatoms. The van der Waals surface area contributed by atoms with Crippen LogP contribution in [0.1, 0.15) is 185 Å². The Morgan fingerprint density at radius 3 is 1.02 bits per heavy atom. The van der Waals surface area contributed by atoms with Crippen molar-refractivity contribution in [2.45, 2.75) is 280 Å². The molecule has 6 saturated heterocycles. The number of sulfonamides is 3. The molecule has 6 aliphatic heterocycles. The smallest absolute Gasteiger partial charge is 0.298 e. The molecular weight excluding hydrogens is 1870 g/mol. The fourth-order valence-electron chi connectivity index (χ4n) is 21.8. The second kappa shape index (κ2) is 36.7. The van der Waals surface area contributed by atoms with Crippen LogP contribution in [0.2, 0.25) is 0 Å². The minimum absolute atomic E-state index is 0.111. The number of alkyl halides is 6. The van der Waals surface area contributed by atoms with Crippen LogP contribution < -0.4 is 10.5 Å². The lowest BCUT2D eigenvalue weighted by atomic mass is 9.90. The van der Waals surface area contributed by atoms with Crippen molar-refractivity contribution in [2.24, 2.45) is 35.3 Å². The molecule has 0 radical (unpaired) electrons. The molecule has 9 unspecified atom stereocenters. The first-order valence-electron chi connectivity index (χ1n) is 43.9. The number of carbonyl (C=O) groups is 3. The number of amides is 3. The maximum Gasteiger partial charge on any atom is 0.298 e. The third-order valence-corrected chi connectivity index (χ3v) is 34.8. The number of nitrogens with two attached hydrogens (primary N) is 1. The van der Waals surface area contributed by atoms with Gasteiger partial charge in [0, 0.05) is 122 Å². The Morgan fingerprint density at radius 1 is 0.416 bits per heavy atom. The van der Waals surface area contributed by atoms with E-state index < -0.39 is 100 Å². The molecule has 3 aromatic heterocycles. The van der Waals surface area contributed by atoms with Crippen molar-refractivity contribution in [3.63, 3.8) is 0 Å². The van der Waals surface area contributed by atoms with Crippen LogP contribution in [-0.2, 0) is 81.9 Å². The number of fused-ring (bicyclic) bond motifs is 9. The van der Waals surface area contributed by atoms with Crippen LogP contribution in [0, 0.1) is 29.6 Å². The molecule has 9 aliphatic rings. The van der Waals surface area contributed by atoms with Gasteiger partial charge in [0.15, 0.2) is 18.1 Å². The number of rotatable bonds is 24. The highest BCUT2D eigenvalue weighted by molar-refractivity contribution is 9.11. The molecular formula is C91H108Br3F6N13O9S3. The van der Waals surface area contributed by atoms with Crippen LogP contribution in [0.15, 0.2) is 174 Å². The van der Waals surface area contributed by atoms with E-state index >= 15 is 26.3 Å². The van der Waals surface area contributed by atoms with Crippen LogP contribution in [0.3, 0.4) is 0 Å². The molecule has 3 N–H and O–H groups in total. The Kier molecular flexibility index (Phi) is 26.7. The Balaban J connectivity index is 0.000000138. The van der Waals surface area contributed by atoms with E-state index in [0.717, 1.165) is 140 Å². The van der Waals surface area contributed by atoms with Gasteiger partial charge in [0.05, 0.1) is 49.8 Å². The van der Waals surface area contributed by atoms with E-state index in [1.807, 2.05) is 14.0 Å². The van der Waals surface area contributed by atoms with Crippen molar-refractivity contribution in [1.29, 1.82) is 0 Å². The van der Waals surface area contributed by atoms with E-state index in [0.29, 0.717) is 93.5 Å². The van der Waals surface area contributed by atoms with Crippen molar-refractivity contribution in [1.82, 2.24) is 57.4 Å². The van der Waals surface area contributed by atoms with Crippen LogP contribution in [0.4, 0.5) is 26.3 Å². The van der Waals surface area contributed by atoms with E-state index in [2.05, 4.69) is 81.7 Å². The fourth-order valence-corrected chi connectivity index (χ4v) is 26.5. The summed E-state index contributed by atoms with van der Waals surface area (Å²) in [5, 5.41) is 15.3. The number of nitrogens with zero attached hydrogens (tertiary/aromatic N) is 11. The summed E-state index contributed by atoms with van der Waals surface area (Å²) in [5.74, 6) is -11.6. The summed E-state index contributed by atoms with van der Waals surface area (Å²) in [6.45, 7) is 6.51. The van der Waals surface area contributed by atoms with Gasteiger partial charge >= 0.3 is 0 Å². The number of piperidine rings is 3. The second-order valence-electron chi connectivity index (χ2n) is 36.7. The van der Waals surface area contributed by atoms with Gasteiger partial charge < -0.3 is 20.4 Å². The second-order valence-corrected chi connectivity index (χ2v) is 45.1. The molecule has 0 spiro atoms. The molecule has 3 aliphatic carbocycles. The van der Waals surface area contributed by atoms with E-state index in [9.17, 15) is 39.6 Å². The third-order valence-electron chi connectivity index (χ3n) is 28.1. The van der Waals surface area contributed by atoms with Gasteiger partial charge in [0.1, 0.15) is 0 Å². The lowest BCUT2D eigenvalue weighted by Gasteiger charge is -2.42. The fraction of sp³-hybridized carbons (Fsp3) is 0.538. The monoisotopic (exact) mass is 1970 g/mol. The molecule has 6 bridgehead atoms. The first-order chi connectivity index (χ1) is 59.4. The minimum Gasteiger partial charge on any atom is -0.335 e. The predicted octanol–water partition coefficient (Wildman–Crippen LogP) is 18.0. The van der Waals surface area contributed by atoms with E-state index in [1.165, 1.54) is 158 Å². The highest BCUT2D eigenvalue weighted by Gasteiger charge is 2.60. The van der Waals surface area contributed by atoms with E-state index in [1.54, 1.807) is 41.7 Å². The normalized spacial score (nSPS) is 24.2. The standard InChI is InChI=1S/C31H37BrF2N4O3S.C30H36BrF2N5O3S.C30H35BrF2N4O3S/c1-20-15-25-11-12-26(16-20)38(25)30(39)29(31(33,34)23-7-9-24(32)10-8-23)36(2)42(40,41)27-13-14-28-22(17-27)18-35-37(28)19-21-5-3-4-6-21;1-36(42(40,41)26-12-13-27-20(14-26)17-35-37(27)18-19-4-2-3-5-19)28(30(32,33)21-6-8-22(31)9-7-21)29(39)38-24-10-11-25(38)16-23(34)15-24;1-19-14-24-10-11-25(15-19)37(24)29(38)28(30(32,33)22-6-8-23(31)9-7-22)35-41(39,40)26-12-13-27-21(16-26)17-34-36(27)18-20-4-2-3-5-20/h7-10,13-14,17-18,20-21,25-26,29H,3-6,11-12,15-16,19H2,1-2H3;6-9,12-14,17,19,23-25,28H,2-5,10-11,15-16,18,34H2,1H3;6-9,12-13,16-17,19-20,24-25,28,35H,2-5,10-11,14-15,18H2,1H3. The van der Waals surface area contributed by atoms with Crippen LogP contribution in [0.5, 0.6) is 0 Å². The summed E-state index contributed by atoms with van der Waals surface area (Å²) in [7, 11) is -11.3. The molecule has 22 nitrogen and oxygen atoms in total. The Bertz CT molecular complexity index is 5520. The largest absolute Gasteiger partial charge is 0.335 e. The van der Waals surface area contributed by atoms with Crippen LogP contribution in [0.25, 0.3) is 32.7 Å². The summed E-state index contributed by atoms with van der Waals surface area (Å²) >= 11 is 9.79. The molecule has 9 aromatic rings. The number of hydrogen-bond acceptors (Lipinski definition) is 13. The van der Waals surface area contributed by atoms with Crippen LogP contribution >= 0.6 is 47.8 Å². The summed E-state index contributed by atoms with van der Waals surface area (Å²) < 4.78 is 193. The predicted molar refractivity (Wildman–Crippen MR) is 476 cm³/mol. The van der Waals surface area contributed by atoms with Gasteiger partial charge in [0.25, 0.3) is 17.8 Å². The summed E-state index contributed by atoms with van der Waals surface area (Å²) in [5.41, 5.74) is 7.29. The topological polar surface area (TPSA) is 261 Å². The highest BCUT2D eigenvalue weighted by Crippen LogP contribution is 2.48. The maximum absolute atomic E-state index is 16.5. The average Bonchev–Trinajstić information content (AvgIpc) is 1.73. The zero-order valence-corrected chi connectivity index (χ0v) is 77.6. The first kappa shape index (κ1) is 91.2. The molecule has 3 saturated carbocycles. The summed E-state index contributed by atoms with van der Waals surface area (Å²) in [4.78, 5) is 46.4. The zero-order chi connectivity index (χ0) is 88.6. The van der Waals surface area contributed by atoms with Gasteiger partial charge in [-0.3, -0.25) is 28.4 Å². The van der Waals surface area contributed by atoms with Crippen molar-refractivity contribution in [2.75, 3.05) is 14.1 Å². The van der Waals surface area contributed by atoms with E-state index in [-0.39, 0.29) is 57.0 Å². The van der Waals surface area contributed by atoms with Gasteiger partial charge in [-0.05, 0) is 236 Å². The highest BCUT2D eigenvalue weighted by atomic mass is 79.9. The number of halogens is 9. The molecule has 6 aromatic carbocycles. The van der Waals surface area contributed by atoms with Crippen molar-refractivity contribution in [3.8, 4) is 0 Å². The summed E-state index contributed by atoms with van der Waals surface area (Å²) in [6.07, 6.45) is 27.2. The summed E-state index contributed by atoms with van der Waals surface area (Å²) in [6, 6.07) is 21.7. The maximum atomic E-state index is 16.5. The SMILES string of the molecule is CC1CC2CCC(C1)N2C(=O)C(N(C)S(=O)(=O)c1ccc2c(cnn2CC2CCCC2)c1)C(F)(F)c1ccc(Br)cc1.CC1CC2CCC(C1)N2C(=O)C(NS(=O)(=O)c1ccc2c(cnn2CC2CCCC2)c1)C(F)(F)c1ccc(Br)cc1.CN(C(C(=O)N1C2CCC1CC(N)C2)C(F)(F)c1ccc(Br)cc1)S(=O)(=O)c1ccc2c(cnn2CC2CCCC2)c1. The van der Waals surface area contributed by atoms with Gasteiger partial charge in [-0.15, -0.1) is 0 Å². The number of nitrogens with one attached hydrogen (secondary N) is 1.